The molecule has 0 unspecified atom stereocenters. The van der Waals surface area contributed by atoms with Crippen molar-refractivity contribution >= 4 is 11.4 Å². The topological polar surface area (TPSA) is 53.8 Å². The van der Waals surface area contributed by atoms with Gasteiger partial charge in [-0.1, -0.05) is 24.3 Å². The van der Waals surface area contributed by atoms with Crippen LogP contribution >= 0.6 is 0 Å². The fourth-order valence-electron chi connectivity index (χ4n) is 4.09. The molecule has 2 aliphatic rings. The molecule has 1 fully saturated rings. The third kappa shape index (κ3) is 4.61. The predicted octanol–water partition coefficient (Wildman–Crippen LogP) is 5.15. The standard InChI is InChI=1S/C24H25F3N2O2/c1-15-10-11-28-23(20-9-8-16(13-21(20)30)24(25,26)27)19-7-3-2-6-18(19)22(15)29-14-17-5-4-12-31-17/h2-3,6-9,13,17,29-30H,4-5,10-12,14H2,1H3/b22-15+,28-23+/t17-/m1/s1. The Morgan fingerprint density at radius 2 is 1.90 bits per heavy atom. The van der Waals surface area contributed by atoms with Gasteiger partial charge in [-0.05, 0) is 50.0 Å². The molecule has 0 aliphatic carbocycles. The molecule has 1 atom stereocenters. The molecular weight excluding hydrogens is 405 g/mol. The van der Waals surface area contributed by atoms with E-state index in [1.807, 2.05) is 24.3 Å². The van der Waals surface area contributed by atoms with Gasteiger partial charge >= 0.3 is 6.18 Å². The summed E-state index contributed by atoms with van der Waals surface area (Å²) in [6.45, 7) is 4.01. The zero-order chi connectivity index (χ0) is 22.0. The smallest absolute Gasteiger partial charge is 0.416 e. The normalized spacial score (nSPS) is 23.5. The Labute approximate surface area is 179 Å². The quantitative estimate of drug-likeness (QED) is 0.705. The summed E-state index contributed by atoms with van der Waals surface area (Å²) in [6.07, 6.45) is -1.56. The molecule has 2 aliphatic heterocycles. The zero-order valence-electron chi connectivity index (χ0n) is 17.3. The Bertz CT molecular complexity index is 1020. The van der Waals surface area contributed by atoms with Crippen LogP contribution < -0.4 is 5.32 Å². The van der Waals surface area contributed by atoms with Gasteiger partial charge in [-0.25, -0.2) is 0 Å². The van der Waals surface area contributed by atoms with E-state index < -0.39 is 17.5 Å². The number of nitrogens with one attached hydrogen (secondary N) is 1. The van der Waals surface area contributed by atoms with Crippen LogP contribution in [0.3, 0.4) is 0 Å². The van der Waals surface area contributed by atoms with E-state index in [9.17, 15) is 18.3 Å². The molecule has 2 heterocycles. The lowest BCUT2D eigenvalue weighted by atomic mass is 9.91. The highest BCUT2D eigenvalue weighted by molar-refractivity contribution is 6.16. The molecule has 2 N–H and O–H groups in total. The maximum Gasteiger partial charge on any atom is 0.416 e. The second-order valence-electron chi connectivity index (χ2n) is 7.93. The summed E-state index contributed by atoms with van der Waals surface area (Å²) in [4.78, 5) is 4.66. The molecule has 0 bridgehead atoms. The van der Waals surface area contributed by atoms with Crippen LogP contribution in [-0.4, -0.2) is 36.6 Å². The molecule has 0 spiro atoms. The van der Waals surface area contributed by atoms with Crippen LogP contribution in [0.5, 0.6) is 5.75 Å². The van der Waals surface area contributed by atoms with Crippen molar-refractivity contribution in [1.29, 1.82) is 0 Å². The first kappa shape index (κ1) is 21.4. The van der Waals surface area contributed by atoms with Gasteiger partial charge in [-0.2, -0.15) is 13.2 Å². The minimum absolute atomic E-state index is 0.171. The molecule has 164 valence electrons. The molecule has 0 amide bonds. The van der Waals surface area contributed by atoms with Gasteiger partial charge in [0.2, 0.25) is 0 Å². The number of nitrogens with zero attached hydrogens (tertiary/aromatic N) is 1. The highest BCUT2D eigenvalue weighted by Crippen LogP contribution is 2.35. The number of phenolic OH excluding ortho intramolecular Hbond substituents is 1. The second-order valence-corrected chi connectivity index (χ2v) is 7.93. The van der Waals surface area contributed by atoms with E-state index in [0.717, 1.165) is 54.0 Å². The number of halogens is 3. The molecule has 0 radical (unpaired) electrons. The van der Waals surface area contributed by atoms with Gasteiger partial charge in [0.25, 0.3) is 0 Å². The van der Waals surface area contributed by atoms with Gasteiger partial charge in [0.15, 0.2) is 0 Å². The first-order chi connectivity index (χ1) is 14.8. The zero-order valence-corrected chi connectivity index (χ0v) is 17.3. The molecule has 2 aromatic rings. The summed E-state index contributed by atoms with van der Waals surface area (Å²) in [5.74, 6) is -0.432. The van der Waals surface area contributed by atoms with E-state index in [2.05, 4.69) is 17.2 Å². The van der Waals surface area contributed by atoms with Crippen LogP contribution in [-0.2, 0) is 10.9 Å². The Kier molecular flexibility index (Phi) is 6.05. The molecular formula is C24H25F3N2O2. The average Bonchev–Trinajstić information content (AvgIpc) is 3.24. The summed E-state index contributed by atoms with van der Waals surface area (Å²) < 4.78 is 44.9. The van der Waals surface area contributed by atoms with Gasteiger partial charge in [-0.3, -0.25) is 4.99 Å². The number of benzene rings is 2. The fraction of sp³-hybridized carbons (Fsp3) is 0.375. The van der Waals surface area contributed by atoms with Gasteiger partial charge in [0, 0.05) is 42.1 Å². The van der Waals surface area contributed by atoms with E-state index in [0.29, 0.717) is 30.8 Å². The lowest BCUT2D eigenvalue weighted by Gasteiger charge is -2.23. The van der Waals surface area contributed by atoms with E-state index in [1.165, 1.54) is 6.07 Å². The molecule has 31 heavy (non-hydrogen) atoms. The van der Waals surface area contributed by atoms with Crippen LogP contribution in [0.2, 0.25) is 0 Å². The molecule has 0 aromatic heterocycles. The largest absolute Gasteiger partial charge is 0.507 e. The first-order valence-corrected chi connectivity index (χ1v) is 10.4. The second kappa shape index (κ2) is 8.75. The van der Waals surface area contributed by atoms with Crippen molar-refractivity contribution in [2.45, 2.75) is 38.5 Å². The van der Waals surface area contributed by atoms with Crippen molar-refractivity contribution in [2.24, 2.45) is 4.99 Å². The van der Waals surface area contributed by atoms with Crippen molar-refractivity contribution in [3.63, 3.8) is 0 Å². The van der Waals surface area contributed by atoms with Crippen molar-refractivity contribution in [2.75, 3.05) is 19.7 Å². The number of ether oxygens (including phenoxy) is 1. The maximum absolute atomic E-state index is 13.0. The Hall–Kier alpha value is -2.80. The summed E-state index contributed by atoms with van der Waals surface area (Å²) in [5, 5.41) is 14.0. The van der Waals surface area contributed by atoms with Gasteiger partial charge in [0.05, 0.1) is 17.4 Å². The molecule has 2 aromatic carbocycles. The molecule has 0 saturated carbocycles. The summed E-state index contributed by atoms with van der Waals surface area (Å²) in [5.41, 5.74) is 3.73. The van der Waals surface area contributed by atoms with Crippen molar-refractivity contribution in [3.05, 3.63) is 70.3 Å². The molecule has 4 rings (SSSR count). The SMILES string of the molecule is C/C1=C(\NC[C@H]2CCCO2)c2ccccc2/C(c2ccc(C(F)(F)F)cc2O)=N\CC1. The number of aromatic hydroxyl groups is 1. The van der Waals surface area contributed by atoms with Gasteiger partial charge in [0.1, 0.15) is 5.75 Å². The molecule has 7 heteroatoms. The Morgan fingerprint density at radius 3 is 2.58 bits per heavy atom. The van der Waals surface area contributed by atoms with E-state index >= 15 is 0 Å². The van der Waals surface area contributed by atoms with E-state index in [4.69, 9.17) is 4.74 Å². The summed E-state index contributed by atoms with van der Waals surface area (Å²) in [7, 11) is 0. The number of aliphatic imine (C=N–C) groups is 1. The van der Waals surface area contributed by atoms with Crippen molar-refractivity contribution in [1.82, 2.24) is 5.32 Å². The number of rotatable bonds is 4. The minimum atomic E-state index is -4.52. The van der Waals surface area contributed by atoms with Crippen LogP contribution in [0.25, 0.3) is 5.70 Å². The van der Waals surface area contributed by atoms with Crippen LogP contribution in [0, 0.1) is 0 Å². The summed E-state index contributed by atoms with van der Waals surface area (Å²) >= 11 is 0. The highest BCUT2D eigenvalue weighted by Gasteiger charge is 2.32. The molecule has 4 nitrogen and oxygen atoms in total. The lowest BCUT2D eigenvalue weighted by molar-refractivity contribution is -0.137. The van der Waals surface area contributed by atoms with Crippen LogP contribution in [0.15, 0.2) is 53.0 Å². The monoisotopic (exact) mass is 430 g/mol. The fourth-order valence-corrected chi connectivity index (χ4v) is 4.09. The average molecular weight is 430 g/mol. The maximum atomic E-state index is 13.0. The van der Waals surface area contributed by atoms with Crippen molar-refractivity contribution in [3.8, 4) is 5.75 Å². The number of alkyl halides is 3. The number of phenols is 1. The van der Waals surface area contributed by atoms with Gasteiger partial charge in [-0.15, -0.1) is 0 Å². The van der Waals surface area contributed by atoms with E-state index in [1.54, 1.807) is 0 Å². The minimum Gasteiger partial charge on any atom is -0.507 e. The number of hydrogen-bond donors (Lipinski definition) is 2. The third-order valence-corrected chi connectivity index (χ3v) is 5.75. The summed E-state index contributed by atoms with van der Waals surface area (Å²) in [6, 6.07) is 10.7. The lowest BCUT2D eigenvalue weighted by Crippen LogP contribution is -2.27. The van der Waals surface area contributed by atoms with E-state index in [-0.39, 0.29) is 6.10 Å². The Morgan fingerprint density at radius 1 is 1.13 bits per heavy atom. The number of fused-ring (bicyclic) bond motifs is 1. The van der Waals surface area contributed by atoms with Crippen molar-refractivity contribution < 1.29 is 23.0 Å². The molecule has 1 saturated heterocycles. The van der Waals surface area contributed by atoms with Gasteiger partial charge < -0.3 is 15.2 Å². The first-order valence-electron chi connectivity index (χ1n) is 10.4. The highest BCUT2D eigenvalue weighted by atomic mass is 19.4. The van der Waals surface area contributed by atoms with Crippen LogP contribution in [0.4, 0.5) is 13.2 Å². The van der Waals surface area contributed by atoms with Crippen LogP contribution in [0.1, 0.15) is 48.4 Å². The third-order valence-electron chi connectivity index (χ3n) is 5.75. The Balaban J connectivity index is 1.73. The number of hydrogen-bond acceptors (Lipinski definition) is 4. The predicted molar refractivity (Wildman–Crippen MR) is 114 cm³/mol.